The van der Waals surface area contributed by atoms with E-state index in [0.717, 1.165) is 15.8 Å². The van der Waals surface area contributed by atoms with Crippen molar-refractivity contribution in [1.82, 2.24) is 20.1 Å². The highest BCUT2D eigenvalue weighted by molar-refractivity contribution is 6.39. The van der Waals surface area contributed by atoms with E-state index in [4.69, 9.17) is 37.7 Å². The van der Waals surface area contributed by atoms with Crippen molar-refractivity contribution < 1.29 is 19.4 Å². The number of aliphatic hydroxyl groups excluding tert-OH is 1. The molecule has 3 heterocycles. The zero-order valence-corrected chi connectivity index (χ0v) is 25.4. The maximum atomic E-state index is 12.9. The number of amides is 1. The third kappa shape index (κ3) is 6.43. The number of anilines is 1. The zero-order chi connectivity index (χ0) is 30.7. The van der Waals surface area contributed by atoms with Gasteiger partial charge in [-0.25, -0.2) is 9.67 Å². The van der Waals surface area contributed by atoms with Crippen LogP contribution in [0.15, 0.2) is 59.5 Å². The van der Waals surface area contributed by atoms with Gasteiger partial charge >= 0.3 is 0 Å². The topological polar surface area (TPSA) is 128 Å². The molecule has 0 radical (unpaired) electrons. The van der Waals surface area contributed by atoms with E-state index in [1.165, 1.54) is 19.3 Å². The molecule has 43 heavy (non-hydrogen) atoms. The molecule has 2 aromatic heterocycles. The number of pyridine rings is 1. The maximum Gasteiger partial charge on any atom is 0.279 e. The SMILES string of the molecule is COc1nc(-c2cccc(-c3cccc(NC(=O)c4ccnn(C)c4=O)c3Cl)c2Cl)cc(C)c1CNC1CCOCC1O. The molecule has 1 aliphatic heterocycles. The Morgan fingerprint density at radius 2 is 1.86 bits per heavy atom. The van der Waals surface area contributed by atoms with Crippen molar-refractivity contribution in [2.24, 2.45) is 7.05 Å². The lowest BCUT2D eigenvalue weighted by Gasteiger charge is -2.29. The number of carbonyl (C=O) groups excluding carboxylic acids is 1. The fourth-order valence-corrected chi connectivity index (χ4v) is 5.63. The number of rotatable bonds is 8. The average Bonchev–Trinajstić information content (AvgIpc) is 2.99. The van der Waals surface area contributed by atoms with Crippen LogP contribution in [0.2, 0.25) is 10.0 Å². The summed E-state index contributed by atoms with van der Waals surface area (Å²) in [6.45, 7) is 3.35. The Morgan fingerprint density at radius 1 is 1.14 bits per heavy atom. The van der Waals surface area contributed by atoms with Gasteiger partial charge in [0, 0.05) is 54.7 Å². The van der Waals surface area contributed by atoms with Gasteiger partial charge in [0.15, 0.2) is 0 Å². The van der Waals surface area contributed by atoms with Gasteiger partial charge in [0.25, 0.3) is 11.5 Å². The number of methoxy groups -OCH3 is 1. The molecular formula is C31H31Cl2N5O5. The second-order valence-electron chi connectivity index (χ2n) is 10.2. The molecule has 1 saturated heterocycles. The lowest BCUT2D eigenvalue weighted by molar-refractivity contribution is -0.0281. The van der Waals surface area contributed by atoms with Crippen LogP contribution in [0.25, 0.3) is 22.4 Å². The Labute approximate surface area is 258 Å². The molecule has 1 fully saturated rings. The first-order chi connectivity index (χ1) is 20.7. The van der Waals surface area contributed by atoms with Crippen LogP contribution in [0.4, 0.5) is 5.69 Å². The molecule has 5 rings (SSSR count). The molecule has 2 aromatic carbocycles. The number of nitrogens with zero attached hydrogens (tertiary/aromatic N) is 3. The van der Waals surface area contributed by atoms with Gasteiger partial charge in [0.05, 0.1) is 41.2 Å². The normalized spacial score (nSPS) is 16.6. The van der Waals surface area contributed by atoms with Gasteiger partial charge in [-0.1, -0.05) is 53.5 Å². The first-order valence-corrected chi connectivity index (χ1v) is 14.4. The summed E-state index contributed by atoms with van der Waals surface area (Å²) in [5.41, 5.74) is 4.09. The number of hydrogen-bond acceptors (Lipinski definition) is 8. The molecule has 0 aliphatic carbocycles. The number of aryl methyl sites for hydroxylation is 2. The standard InChI is InChI=1S/C31H31Cl2N5O5/c1-17-14-25(37-30(42-3)22(17)15-34-23-11-13-43-16-26(23)39)20-8-4-6-18(27(20)32)19-7-5-9-24(28(19)33)36-29(40)21-10-12-35-38(2)31(21)41/h4-10,12,14,23,26,34,39H,11,13,15-16H2,1-3H3,(H,36,40). The lowest BCUT2D eigenvalue weighted by Crippen LogP contribution is -2.46. The molecule has 224 valence electrons. The van der Waals surface area contributed by atoms with Gasteiger partial charge in [0.1, 0.15) is 5.56 Å². The monoisotopic (exact) mass is 623 g/mol. The van der Waals surface area contributed by atoms with Gasteiger partial charge in [-0.05, 0) is 37.1 Å². The smallest absolute Gasteiger partial charge is 0.279 e. The zero-order valence-electron chi connectivity index (χ0n) is 23.9. The van der Waals surface area contributed by atoms with Gasteiger partial charge in [0.2, 0.25) is 5.88 Å². The number of aliphatic hydroxyl groups is 1. The number of hydrogen-bond donors (Lipinski definition) is 3. The van der Waals surface area contributed by atoms with Crippen molar-refractivity contribution in [2.45, 2.75) is 32.0 Å². The van der Waals surface area contributed by atoms with Crippen LogP contribution in [-0.4, -0.2) is 58.2 Å². The van der Waals surface area contributed by atoms with Crippen LogP contribution in [0.1, 0.15) is 27.9 Å². The highest BCUT2D eigenvalue weighted by atomic mass is 35.5. The number of halogens is 2. The molecule has 10 nitrogen and oxygen atoms in total. The molecule has 0 bridgehead atoms. The van der Waals surface area contributed by atoms with Crippen molar-refractivity contribution in [2.75, 3.05) is 25.6 Å². The fraction of sp³-hybridized carbons (Fsp3) is 0.290. The van der Waals surface area contributed by atoms with E-state index in [1.807, 2.05) is 31.2 Å². The Balaban J connectivity index is 1.44. The summed E-state index contributed by atoms with van der Waals surface area (Å²) in [5.74, 6) is -0.148. The Morgan fingerprint density at radius 3 is 2.60 bits per heavy atom. The van der Waals surface area contributed by atoms with Gasteiger partial charge < -0.3 is 25.2 Å². The van der Waals surface area contributed by atoms with E-state index >= 15 is 0 Å². The molecule has 2 atom stereocenters. The number of aromatic nitrogens is 3. The fourth-order valence-electron chi connectivity index (χ4n) is 5.03. The van der Waals surface area contributed by atoms with E-state index in [-0.39, 0.29) is 16.6 Å². The lowest BCUT2D eigenvalue weighted by atomic mass is 9.99. The molecule has 1 aliphatic rings. The van der Waals surface area contributed by atoms with E-state index in [0.29, 0.717) is 65.2 Å². The number of ether oxygens (including phenoxy) is 2. The van der Waals surface area contributed by atoms with E-state index in [9.17, 15) is 14.7 Å². The number of carbonyl (C=O) groups is 1. The second kappa shape index (κ2) is 13.2. The van der Waals surface area contributed by atoms with Crippen molar-refractivity contribution in [3.63, 3.8) is 0 Å². The predicted molar refractivity (Wildman–Crippen MR) is 166 cm³/mol. The van der Waals surface area contributed by atoms with Crippen LogP contribution in [0.5, 0.6) is 5.88 Å². The van der Waals surface area contributed by atoms with Crippen molar-refractivity contribution in [1.29, 1.82) is 0 Å². The van der Waals surface area contributed by atoms with Crippen LogP contribution < -0.4 is 20.9 Å². The van der Waals surface area contributed by atoms with Gasteiger partial charge in [-0.3, -0.25) is 9.59 Å². The van der Waals surface area contributed by atoms with Crippen LogP contribution in [-0.2, 0) is 18.3 Å². The first-order valence-electron chi connectivity index (χ1n) is 13.6. The summed E-state index contributed by atoms with van der Waals surface area (Å²) in [7, 11) is 3.04. The predicted octanol–water partition coefficient (Wildman–Crippen LogP) is 4.62. The number of nitrogens with one attached hydrogen (secondary N) is 2. The van der Waals surface area contributed by atoms with E-state index in [2.05, 4.69) is 15.7 Å². The Kier molecular flexibility index (Phi) is 9.43. The third-order valence-corrected chi connectivity index (χ3v) is 8.25. The van der Waals surface area contributed by atoms with Gasteiger partial charge in [-0.2, -0.15) is 5.10 Å². The molecule has 0 saturated carbocycles. The van der Waals surface area contributed by atoms with Crippen molar-refractivity contribution in [3.05, 3.63) is 91.8 Å². The van der Waals surface area contributed by atoms with E-state index < -0.39 is 17.6 Å². The second-order valence-corrected chi connectivity index (χ2v) is 10.9. The summed E-state index contributed by atoms with van der Waals surface area (Å²) < 4.78 is 12.1. The molecule has 4 aromatic rings. The van der Waals surface area contributed by atoms with Crippen molar-refractivity contribution >= 4 is 34.8 Å². The molecular weight excluding hydrogens is 593 g/mol. The Hall–Kier alpha value is -3.80. The summed E-state index contributed by atoms with van der Waals surface area (Å²) in [4.78, 5) is 30.0. The van der Waals surface area contributed by atoms with E-state index in [1.54, 1.807) is 25.3 Å². The summed E-state index contributed by atoms with van der Waals surface area (Å²) in [6, 6.07) is 14.0. The van der Waals surface area contributed by atoms with Crippen LogP contribution in [0.3, 0.4) is 0 Å². The quantitative estimate of drug-likeness (QED) is 0.259. The summed E-state index contributed by atoms with van der Waals surface area (Å²) in [5, 5.41) is 20.9. The minimum absolute atomic E-state index is 0.0584. The molecule has 1 amide bonds. The third-order valence-electron chi connectivity index (χ3n) is 7.43. The molecule has 0 spiro atoms. The van der Waals surface area contributed by atoms with Crippen LogP contribution >= 0.6 is 23.2 Å². The molecule has 3 N–H and O–H groups in total. The average molecular weight is 625 g/mol. The number of benzene rings is 2. The largest absolute Gasteiger partial charge is 0.481 e. The summed E-state index contributed by atoms with van der Waals surface area (Å²) in [6.07, 6.45) is 1.52. The van der Waals surface area contributed by atoms with Crippen molar-refractivity contribution in [3.8, 4) is 28.3 Å². The summed E-state index contributed by atoms with van der Waals surface area (Å²) >= 11 is 13.8. The van der Waals surface area contributed by atoms with Gasteiger partial charge in [-0.15, -0.1) is 0 Å². The van der Waals surface area contributed by atoms with Crippen LogP contribution in [0, 0.1) is 6.92 Å². The highest BCUT2D eigenvalue weighted by Crippen LogP contribution is 2.41. The highest BCUT2D eigenvalue weighted by Gasteiger charge is 2.24. The molecule has 12 heteroatoms. The minimum Gasteiger partial charge on any atom is -0.481 e. The minimum atomic E-state index is -0.602. The Bertz CT molecular complexity index is 1730. The first kappa shape index (κ1) is 30.7. The maximum absolute atomic E-state index is 12.9. The molecule has 2 unspecified atom stereocenters.